The minimum absolute atomic E-state index is 0.204. The van der Waals surface area contributed by atoms with Gasteiger partial charge in [0.1, 0.15) is 12.7 Å². The summed E-state index contributed by atoms with van der Waals surface area (Å²) < 4.78 is 14.5. The van der Waals surface area contributed by atoms with Gasteiger partial charge in [-0.2, -0.15) is 0 Å². The number of aliphatic carboxylic acids is 1. The first-order chi connectivity index (χ1) is 12.9. The average molecular weight is 383 g/mol. The maximum atomic E-state index is 11.7. The van der Waals surface area contributed by atoms with Crippen LogP contribution < -0.4 is 0 Å². The molecule has 1 atom stereocenters. The summed E-state index contributed by atoms with van der Waals surface area (Å²) in [5.74, 6) is -3.57. The number of nitrogens with zero attached hydrogens (tertiary/aromatic N) is 1. The number of hydrogen-bond acceptors (Lipinski definition) is 8. The molecule has 1 aliphatic rings. The van der Waals surface area contributed by atoms with E-state index in [1.54, 1.807) is 0 Å². The van der Waals surface area contributed by atoms with Crippen molar-refractivity contribution in [2.75, 3.05) is 33.4 Å². The lowest BCUT2D eigenvalue weighted by molar-refractivity contribution is -0.153. The summed E-state index contributed by atoms with van der Waals surface area (Å²) in [5.41, 5.74) is 0. The first-order valence-electron chi connectivity index (χ1n) is 8.67. The number of rotatable bonds is 10. The van der Waals surface area contributed by atoms with Crippen LogP contribution in [0.1, 0.15) is 25.7 Å². The third-order valence-corrected chi connectivity index (χ3v) is 3.83. The quantitative estimate of drug-likeness (QED) is 0.330. The lowest BCUT2D eigenvalue weighted by Crippen LogP contribution is -2.34. The Kier molecular flexibility index (Phi) is 10.5. The van der Waals surface area contributed by atoms with Gasteiger partial charge in [0, 0.05) is 37.3 Å². The molecule has 27 heavy (non-hydrogen) atoms. The molecule has 9 heteroatoms. The van der Waals surface area contributed by atoms with Crippen molar-refractivity contribution in [1.29, 1.82) is 0 Å². The molecule has 0 aromatic rings. The Hall–Kier alpha value is -2.68. The predicted molar refractivity (Wildman–Crippen MR) is 93.7 cm³/mol. The van der Waals surface area contributed by atoms with Crippen molar-refractivity contribution in [3.05, 3.63) is 24.3 Å². The highest BCUT2D eigenvalue weighted by molar-refractivity contribution is 5.92. The van der Waals surface area contributed by atoms with E-state index in [1.807, 2.05) is 0 Å². The Balaban J connectivity index is 2.55. The smallest absolute Gasteiger partial charge is 0.331 e. The van der Waals surface area contributed by atoms with E-state index in [0.717, 1.165) is 44.2 Å². The third-order valence-electron chi connectivity index (χ3n) is 3.83. The number of carboxylic acids is 1. The summed E-state index contributed by atoms with van der Waals surface area (Å²) >= 11 is 0. The number of piperidine rings is 1. The van der Waals surface area contributed by atoms with Gasteiger partial charge in [0.05, 0.1) is 7.11 Å². The van der Waals surface area contributed by atoms with Crippen molar-refractivity contribution in [3.8, 4) is 0 Å². The van der Waals surface area contributed by atoms with Gasteiger partial charge >= 0.3 is 23.9 Å². The number of ether oxygens (including phenoxy) is 3. The highest BCUT2D eigenvalue weighted by Gasteiger charge is 2.18. The molecular formula is C18H25NO8. The van der Waals surface area contributed by atoms with E-state index in [-0.39, 0.29) is 6.61 Å². The summed E-state index contributed by atoms with van der Waals surface area (Å²) in [6.07, 6.45) is 6.43. The van der Waals surface area contributed by atoms with Crippen LogP contribution in [0.4, 0.5) is 0 Å². The first-order valence-corrected chi connectivity index (χ1v) is 8.67. The molecule has 1 heterocycles. The number of carbonyl (C=O) groups is 4. The fourth-order valence-corrected chi connectivity index (χ4v) is 2.46. The summed E-state index contributed by atoms with van der Waals surface area (Å²) in [6, 6.07) is 0. The number of methoxy groups -OCH3 is 1. The molecule has 1 fully saturated rings. The minimum Gasteiger partial charge on any atom is -0.478 e. The number of esters is 3. The molecule has 1 rings (SSSR count). The van der Waals surface area contributed by atoms with Crippen LogP contribution in [0, 0.1) is 0 Å². The largest absolute Gasteiger partial charge is 0.478 e. The highest BCUT2D eigenvalue weighted by atomic mass is 16.6. The third kappa shape index (κ3) is 10.8. The van der Waals surface area contributed by atoms with Gasteiger partial charge in [-0.05, 0) is 25.9 Å². The van der Waals surface area contributed by atoms with E-state index in [1.165, 1.54) is 13.5 Å². The number of hydrogen-bond donors (Lipinski definition) is 1. The first kappa shape index (κ1) is 22.4. The van der Waals surface area contributed by atoms with Gasteiger partial charge in [-0.15, -0.1) is 0 Å². The Bertz CT molecular complexity index is 578. The molecule has 1 unspecified atom stereocenters. The summed E-state index contributed by atoms with van der Waals surface area (Å²) in [6.45, 7) is 2.38. The van der Waals surface area contributed by atoms with Crippen molar-refractivity contribution in [2.24, 2.45) is 0 Å². The number of carbonyl (C=O) groups excluding carboxylic acids is 3. The zero-order valence-corrected chi connectivity index (χ0v) is 15.3. The van der Waals surface area contributed by atoms with Crippen molar-refractivity contribution in [3.63, 3.8) is 0 Å². The second-order valence-electron chi connectivity index (χ2n) is 5.91. The molecule has 0 spiro atoms. The van der Waals surface area contributed by atoms with Crippen LogP contribution in [0.2, 0.25) is 0 Å². The summed E-state index contributed by atoms with van der Waals surface area (Å²) in [5, 5.41) is 8.55. The molecule has 0 radical (unpaired) electrons. The molecule has 0 aromatic carbocycles. The van der Waals surface area contributed by atoms with Gasteiger partial charge in [0.2, 0.25) is 0 Å². The van der Waals surface area contributed by atoms with Crippen LogP contribution in [-0.4, -0.2) is 73.3 Å². The molecule has 0 bridgehead atoms. The molecule has 0 saturated carbocycles. The lowest BCUT2D eigenvalue weighted by Gasteiger charge is -2.28. The Labute approximate surface area is 157 Å². The van der Waals surface area contributed by atoms with E-state index in [4.69, 9.17) is 14.6 Å². The van der Waals surface area contributed by atoms with E-state index in [2.05, 4.69) is 9.64 Å². The van der Waals surface area contributed by atoms with Gasteiger partial charge < -0.3 is 24.2 Å². The fourth-order valence-electron chi connectivity index (χ4n) is 2.46. The van der Waals surface area contributed by atoms with E-state index >= 15 is 0 Å². The Morgan fingerprint density at radius 1 is 0.963 bits per heavy atom. The highest BCUT2D eigenvalue weighted by Crippen LogP contribution is 2.11. The van der Waals surface area contributed by atoms with Crippen molar-refractivity contribution in [1.82, 2.24) is 4.90 Å². The van der Waals surface area contributed by atoms with Crippen LogP contribution in [0.3, 0.4) is 0 Å². The van der Waals surface area contributed by atoms with E-state index in [0.29, 0.717) is 19.0 Å². The Morgan fingerprint density at radius 2 is 1.59 bits per heavy atom. The maximum Gasteiger partial charge on any atom is 0.331 e. The summed E-state index contributed by atoms with van der Waals surface area (Å²) in [4.78, 5) is 47.0. The van der Waals surface area contributed by atoms with Crippen LogP contribution >= 0.6 is 0 Å². The second-order valence-corrected chi connectivity index (χ2v) is 5.91. The van der Waals surface area contributed by atoms with Gasteiger partial charge in [0.25, 0.3) is 0 Å². The van der Waals surface area contributed by atoms with Crippen LogP contribution in [-0.2, 0) is 33.4 Å². The molecule has 1 N–H and O–H groups in total. The SMILES string of the molecule is COC(=O)/C=C/C(=O)OCC(CCN1CCCCC1)OC(=O)/C=C/C(=O)O. The van der Waals surface area contributed by atoms with E-state index in [9.17, 15) is 19.2 Å². The van der Waals surface area contributed by atoms with Gasteiger partial charge in [-0.3, -0.25) is 0 Å². The molecule has 1 aliphatic heterocycles. The predicted octanol–water partition coefficient (Wildman–Crippen LogP) is 0.687. The molecular weight excluding hydrogens is 358 g/mol. The second kappa shape index (κ2) is 12.6. The molecule has 0 amide bonds. The monoisotopic (exact) mass is 383 g/mol. The van der Waals surface area contributed by atoms with Crippen molar-refractivity contribution < 1.29 is 38.5 Å². The standard InChI is InChI=1S/C18H25NO8/c1-25-16(22)7-8-17(23)26-13-14(27-18(24)6-5-15(20)21)9-12-19-10-3-2-4-11-19/h5-8,14H,2-4,9-13H2,1H3,(H,20,21)/b6-5+,8-7+. The van der Waals surface area contributed by atoms with Gasteiger partial charge in [-0.25, -0.2) is 19.2 Å². The lowest BCUT2D eigenvalue weighted by atomic mass is 10.1. The van der Waals surface area contributed by atoms with Gasteiger partial charge in [0.15, 0.2) is 0 Å². The van der Waals surface area contributed by atoms with Crippen molar-refractivity contribution in [2.45, 2.75) is 31.8 Å². The number of carboxylic acid groups (broad SMARTS) is 1. The van der Waals surface area contributed by atoms with Crippen LogP contribution in [0.25, 0.3) is 0 Å². The Morgan fingerprint density at radius 3 is 2.22 bits per heavy atom. The van der Waals surface area contributed by atoms with Gasteiger partial charge in [-0.1, -0.05) is 6.42 Å². The van der Waals surface area contributed by atoms with Crippen molar-refractivity contribution >= 4 is 23.9 Å². The average Bonchev–Trinajstić information content (AvgIpc) is 2.67. The van der Waals surface area contributed by atoms with E-state index < -0.39 is 30.0 Å². The maximum absolute atomic E-state index is 11.7. The molecule has 0 aliphatic carbocycles. The zero-order valence-electron chi connectivity index (χ0n) is 15.3. The number of likely N-dealkylation sites (tertiary alicyclic amines) is 1. The van der Waals surface area contributed by atoms with Crippen LogP contribution in [0.5, 0.6) is 0 Å². The zero-order chi connectivity index (χ0) is 20.1. The summed E-state index contributed by atoms with van der Waals surface area (Å²) in [7, 11) is 1.18. The molecule has 1 saturated heterocycles. The molecule has 150 valence electrons. The normalized spacial score (nSPS) is 16.2. The fraction of sp³-hybridized carbons (Fsp3) is 0.556. The molecule has 0 aromatic heterocycles. The topological polar surface area (TPSA) is 119 Å². The minimum atomic E-state index is -1.27. The molecule has 9 nitrogen and oxygen atoms in total. The van der Waals surface area contributed by atoms with Crippen LogP contribution in [0.15, 0.2) is 24.3 Å².